The second-order valence-electron chi connectivity index (χ2n) is 1.79. The van der Waals surface area contributed by atoms with Crippen molar-refractivity contribution in [3.8, 4) is 0 Å². The van der Waals surface area contributed by atoms with Gasteiger partial charge in [-0.3, -0.25) is 0 Å². The molecule has 0 atom stereocenters. The van der Waals surface area contributed by atoms with Gasteiger partial charge < -0.3 is 5.32 Å². The highest BCUT2D eigenvalue weighted by atomic mass is 32.3. The summed E-state index contributed by atoms with van der Waals surface area (Å²) in [5, 5.41) is 3.34. The van der Waals surface area contributed by atoms with Crippen LogP contribution in [0.5, 0.6) is 0 Å². The molecule has 0 unspecified atom stereocenters. The first-order chi connectivity index (χ1) is 3.45. The van der Waals surface area contributed by atoms with Crippen LogP contribution in [0.3, 0.4) is 0 Å². The lowest BCUT2D eigenvalue weighted by Crippen LogP contribution is -2.43. The van der Waals surface area contributed by atoms with Crippen LogP contribution >= 0.6 is 23.5 Å². The van der Waals surface area contributed by atoms with Gasteiger partial charge in [0.15, 0.2) is 0 Å². The maximum atomic E-state index is 3.34. The van der Waals surface area contributed by atoms with E-state index in [0.717, 1.165) is 9.16 Å². The molecule has 0 aromatic rings. The third-order valence-corrected chi connectivity index (χ3v) is 4.44. The van der Waals surface area contributed by atoms with Gasteiger partial charge in [-0.2, -0.15) is 0 Å². The van der Waals surface area contributed by atoms with E-state index in [-0.39, 0.29) is 0 Å². The maximum Gasteiger partial charge on any atom is 0.0650 e. The van der Waals surface area contributed by atoms with E-state index in [1.807, 2.05) is 0 Å². The van der Waals surface area contributed by atoms with Gasteiger partial charge in [0.2, 0.25) is 0 Å². The van der Waals surface area contributed by atoms with E-state index in [4.69, 9.17) is 0 Å². The summed E-state index contributed by atoms with van der Waals surface area (Å²) in [5.74, 6) is 0. The minimum absolute atomic E-state index is 0.902. The molecule has 0 spiro atoms. The highest BCUT2D eigenvalue weighted by Crippen LogP contribution is 2.48. The van der Waals surface area contributed by atoms with Gasteiger partial charge in [-0.15, -0.1) is 23.5 Å². The molecule has 0 radical (unpaired) electrons. The van der Waals surface area contributed by atoms with Crippen molar-refractivity contribution in [2.24, 2.45) is 0 Å². The number of hydrogen-bond acceptors (Lipinski definition) is 3. The zero-order valence-corrected chi connectivity index (χ0v) is 5.52. The van der Waals surface area contributed by atoms with Gasteiger partial charge in [0.1, 0.15) is 0 Å². The third kappa shape index (κ3) is 0.673. The Morgan fingerprint density at radius 2 is 1.71 bits per heavy atom. The Kier molecular flexibility index (Phi) is 1.02. The first-order valence-electron chi connectivity index (χ1n) is 2.47. The van der Waals surface area contributed by atoms with Crippen molar-refractivity contribution < 1.29 is 0 Å². The molecule has 3 aliphatic rings. The second kappa shape index (κ2) is 1.57. The average molecular weight is 133 g/mol. The molecule has 1 nitrogen and oxygen atoms in total. The summed E-state index contributed by atoms with van der Waals surface area (Å²) in [4.78, 5) is 0. The molecule has 0 saturated carbocycles. The SMILES string of the molecule is C1NCC2SC1S2. The van der Waals surface area contributed by atoms with E-state index < -0.39 is 0 Å². The fraction of sp³-hybridized carbons (Fsp3) is 1.00. The molecule has 0 amide bonds. The molecule has 3 heterocycles. The quantitative estimate of drug-likeness (QED) is 0.523. The molecule has 0 aliphatic carbocycles. The smallest absolute Gasteiger partial charge is 0.0650 e. The van der Waals surface area contributed by atoms with Crippen molar-refractivity contribution in [1.29, 1.82) is 0 Å². The Hall–Kier alpha value is 0.660. The lowest BCUT2D eigenvalue weighted by atomic mass is 10.6. The summed E-state index contributed by atoms with van der Waals surface area (Å²) < 4.78 is 1.80. The number of hydrogen-bond donors (Lipinski definition) is 1. The number of nitrogens with one attached hydrogen (secondary N) is 1. The summed E-state index contributed by atoms with van der Waals surface area (Å²) in [6.07, 6.45) is 0. The number of rotatable bonds is 0. The Labute approximate surface area is 51.6 Å². The van der Waals surface area contributed by atoms with E-state index in [1.165, 1.54) is 13.1 Å². The fourth-order valence-electron chi connectivity index (χ4n) is 0.860. The summed E-state index contributed by atoms with van der Waals surface area (Å²) in [6, 6.07) is 0. The molecule has 0 aromatic carbocycles. The van der Waals surface area contributed by atoms with Crippen LogP contribution in [0.2, 0.25) is 0 Å². The van der Waals surface area contributed by atoms with Crippen molar-refractivity contribution in [1.82, 2.24) is 5.32 Å². The topological polar surface area (TPSA) is 12.0 Å². The molecule has 3 rings (SSSR count). The summed E-state index contributed by atoms with van der Waals surface area (Å²) >= 11 is 4.23. The van der Waals surface area contributed by atoms with E-state index >= 15 is 0 Å². The first-order valence-corrected chi connectivity index (χ1v) is 4.35. The van der Waals surface area contributed by atoms with Crippen LogP contribution in [0, 0.1) is 0 Å². The van der Waals surface area contributed by atoms with E-state index in [2.05, 4.69) is 28.8 Å². The normalized spacial score (nSPS) is 48.0. The molecular formula is C4H7NS2. The van der Waals surface area contributed by atoms with Crippen LogP contribution in [-0.2, 0) is 0 Å². The Bertz CT molecular complexity index is 66.2. The molecule has 3 heteroatoms. The van der Waals surface area contributed by atoms with Crippen LogP contribution < -0.4 is 5.32 Å². The Balaban J connectivity index is 1.99. The van der Waals surface area contributed by atoms with Crippen LogP contribution in [0.25, 0.3) is 0 Å². The Morgan fingerprint density at radius 1 is 1.14 bits per heavy atom. The zero-order valence-electron chi connectivity index (χ0n) is 3.89. The molecule has 2 bridgehead atoms. The molecule has 40 valence electrons. The first kappa shape index (κ1) is 4.53. The molecular weight excluding hydrogens is 126 g/mol. The van der Waals surface area contributed by atoms with Gasteiger partial charge in [0.05, 0.1) is 9.16 Å². The molecule has 3 aliphatic heterocycles. The van der Waals surface area contributed by atoms with Crippen molar-refractivity contribution in [2.75, 3.05) is 13.1 Å². The highest BCUT2D eigenvalue weighted by molar-refractivity contribution is 8.33. The lowest BCUT2D eigenvalue weighted by Gasteiger charge is -2.39. The van der Waals surface area contributed by atoms with Crippen molar-refractivity contribution in [3.05, 3.63) is 0 Å². The standard InChI is InChI=1S/C4H7NS2/c1-3-6-4(7-3)2-5-1/h3-5H,1-2H2. The van der Waals surface area contributed by atoms with Gasteiger partial charge in [0.25, 0.3) is 0 Å². The van der Waals surface area contributed by atoms with E-state index in [1.54, 1.807) is 0 Å². The van der Waals surface area contributed by atoms with E-state index in [0.29, 0.717) is 0 Å². The molecule has 3 saturated heterocycles. The largest absolute Gasteiger partial charge is 0.313 e. The third-order valence-electron chi connectivity index (χ3n) is 1.23. The predicted molar refractivity (Wildman–Crippen MR) is 35.6 cm³/mol. The zero-order chi connectivity index (χ0) is 4.69. The van der Waals surface area contributed by atoms with Crippen LogP contribution in [0.15, 0.2) is 0 Å². The number of thioether (sulfide) groups is 2. The van der Waals surface area contributed by atoms with Crippen molar-refractivity contribution >= 4 is 23.5 Å². The second-order valence-corrected chi connectivity index (χ2v) is 5.21. The van der Waals surface area contributed by atoms with Crippen LogP contribution in [0.4, 0.5) is 0 Å². The summed E-state index contributed by atoms with van der Waals surface area (Å²) in [5.41, 5.74) is 0. The molecule has 0 aromatic heterocycles. The van der Waals surface area contributed by atoms with Crippen molar-refractivity contribution in [3.63, 3.8) is 0 Å². The summed E-state index contributed by atoms with van der Waals surface area (Å²) in [7, 11) is 0. The number of fused-ring (bicyclic) bond motifs is 2. The minimum atomic E-state index is 0.902. The monoisotopic (exact) mass is 133 g/mol. The van der Waals surface area contributed by atoms with Crippen molar-refractivity contribution in [2.45, 2.75) is 9.16 Å². The molecule has 7 heavy (non-hydrogen) atoms. The molecule has 3 fully saturated rings. The maximum absolute atomic E-state index is 3.34. The highest BCUT2D eigenvalue weighted by Gasteiger charge is 2.33. The van der Waals surface area contributed by atoms with Gasteiger partial charge in [-0.25, -0.2) is 0 Å². The average Bonchev–Trinajstić information content (AvgIpc) is 1.67. The predicted octanol–water partition coefficient (Wildman–Crippen LogP) is 0.722. The van der Waals surface area contributed by atoms with Gasteiger partial charge in [-0.1, -0.05) is 0 Å². The van der Waals surface area contributed by atoms with Gasteiger partial charge >= 0.3 is 0 Å². The minimum Gasteiger partial charge on any atom is -0.313 e. The van der Waals surface area contributed by atoms with Crippen LogP contribution in [-0.4, -0.2) is 22.3 Å². The molecule has 1 N–H and O–H groups in total. The van der Waals surface area contributed by atoms with Gasteiger partial charge in [0, 0.05) is 13.1 Å². The van der Waals surface area contributed by atoms with Gasteiger partial charge in [-0.05, 0) is 0 Å². The lowest BCUT2D eigenvalue weighted by molar-refractivity contribution is 0.703. The summed E-state index contributed by atoms with van der Waals surface area (Å²) in [6.45, 7) is 2.46. The van der Waals surface area contributed by atoms with Crippen LogP contribution in [0.1, 0.15) is 0 Å². The Morgan fingerprint density at radius 3 is 1.86 bits per heavy atom. The fourth-order valence-corrected chi connectivity index (χ4v) is 3.69. The van der Waals surface area contributed by atoms with E-state index in [9.17, 15) is 0 Å².